The summed E-state index contributed by atoms with van der Waals surface area (Å²) in [6.07, 6.45) is 5.57. The third kappa shape index (κ3) is 1.23. The molecular formula is C12H16O2. The largest absolute Gasteiger partial charge is 0.299 e. The van der Waals surface area contributed by atoms with Crippen molar-refractivity contribution in [1.29, 1.82) is 0 Å². The summed E-state index contributed by atoms with van der Waals surface area (Å²) >= 11 is 0. The van der Waals surface area contributed by atoms with Gasteiger partial charge in [0.25, 0.3) is 0 Å². The molecule has 0 aliphatic heterocycles. The number of rotatable bonds is 0. The van der Waals surface area contributed by atoms with E-state index < -0.39 is 0 Å². The minimum Gasteiger partial charge on any atom is -0.299 e. The van der Waals surface area contributed by atoms with E-state index in [1.165, 1.54) is 0 Å². The topological polar surface area (TPSA) is 34.1 Å². The lowest BCUT2D eigenvalue weighted by Gasteiger charge is -2.30. The Bertz CT molecular complexity index is 269. The Hall–Kier alpha value is -0.660. The van der Waals surface area contributed by atoms with Gasteiger partial charge in [-0.25, -0.2) is 0 Å². The molecule has 2 unspecified atom stereocenters. The lowest BCUT2D eigenvalue weighted by Crippen LogP contribution is -2.31. The fourth-order valence-corrected chi connectivity index (χ4v) is 3.77. The average molecular weight is 192 g/mol. The number of carbonyl (C=O) groups is 2. The summed E-state index contributed by atoms with van der Waals surface area (Å²) in [6.45, 7) is 0. The molecule has 76 valence electrons. The molecule has 0 aromatic carbocycles. The molecule has 3 rings (SSSR count). The van der Waals surface area contributed by atoms with Crippen molar-refractivity contribution in [2.45, 2.75) is 38.5 Å². The fourth-order valence-electron chi connectivity index (χ4n) is 3.77. The van der Waals surface area contributed by atoms with E-state index >= 15 is 0 Å². The van der Waals surface area contributed by atoms with Gasteiger partial charge in [-0.05, 0) is 37.5 Å². The predicted molar refractivity (Wildman–Crippen MR) is 51.7 cm³/mol. The smallest absolute Gasteiger partial charge is 0.136 e. The lowest BCUT2D eigenvalue weighted by molar-refractivity contribution is -0.130. The molecule has 3 aliphatic carbocycles. The van der Waals surface area contributed by atoms with Crippen LogP contribution in [0.15, 0.2) is 0 Å². The molecule has 4 bridgehead atoms. The fraction of sp³-hybridized carbons (Fsp3) is 0.833. The first-order valence-electron chi connectivity index (χ1n) is 5.78. The molecule has 3 aliphatic rings. The van der Waals surface area contributed by atoms with Gasteiger partial charge in [0, 0.05) is 24.7 Å². The molecule has 0 N–H and O–H groups in total. The number of carbonyl (C=O) groups excluding carboxylic acids is 2. The summed E-state index contributed by atoms with van der Waals surface area (Å²) in [6, 6.07) is 0. The van der Waals surface area contributed by atoms with Gasteiger partial charge in [0.2, 0.25) is 0 Å². The summed E-state index contributed by atoms with van der Waals surface area (Å²) in [5.41, 5.74) is 0. The van der Waals surface area contributed by atoms with Crippen LogP contribution < -0.4 is 0 Å². The van der Waals surface area contributed by atoms with Crippen molar-refractivity contribution in [2.75, 3.05) is 0 Å². The third-order valence-electron chi connectivity index (χ3n) is 4.36. The Balaban J connectivity index is 1.98. The second kappa shape index (κ2) is 2.91. The van der Waals surface area contributed by atoms with Gasteiger partial charge in [-0.1, -0.05) is 0 Å². The molecule has 0 aromatic rings. The molecule has 2 nitrogen and oxygen atoms in total. The second-order valence-electron chi connectivity index (χ2n) is 5.41. The second-order valence-corrected chi connectivity index (χ2v) is 5.41. The number of ketones is 2. The van der Waals surface area contributed by atoms with Crippen LogP contribution in [0.3, 0.4) is 0 Å². The molecule has 0 aromatic heterocycles. The molecule has 14 heavy (non-hydrogen) atoms. The highest BCUT2D eigenvalue weighted by Gasteiger charge is 2.43. The monoisotopic (exact) mass is 192 g/mol. The number of fused-ring (bicyclic) bond motifs is 3. The molecule has 0 amide bonds. The minimum absolute atomic E-state index is 0.244. The molecule has 2 atom stereocenters. The third-order valence-corrected chi connectivity index (χ3v) is 4.36. The van der Waals surface area contributed by atoms with E-state index in [-0.39, 0.29) is 11.8 Å². The van der Waals surface area contributed by atoms with Crippen LogP contribution in [0.25, 0.3) is 0 Å². The van der Waals surface area contributed by atoms with E-state index in [0.717, 1.165) is 25.7 Å². The van der Waals surface area contributed by atoms with Crippen LogP contribution in [-0.4, -0.2) is 11.6 Å². The standard InChI is InChI=1S/C12H16O2/c13-11-4-8-1-7-2-9(11)6-10(3-7)12(14)5-8/h7-10H,1-6H2. The highest BCUT2D eigenvalue weighted by Crippen LogP contribution is 2.46. The van der Waals surface area contributed by atoms with Crippen molar-refractivity contribution in [3.63, 3.8) is 0 Å². The molecule has 0 heterocycles. The van der Waals surface area contributed by atoms with E-state index in [0.29, 0.717) is 36.2 Å². The average Bonchev–Trinajstić information content (AvgIpc) is 2.30. The van der Waals surface area contributed by atoms with Gasteiger partial charge in [0.15, 0.2) is 0 Å². The maximum atomic E-state index is 11.8. The maximum absolute atomic E-state index is 11.8. The van der Waals surface area contributed by atoms with Crippen LogP contribution in [0, 0.1) is 23.7 Å². The Kier molecular flexibility index (Phi) is 1.80. The van der Waals surface area contributed by atoms with Crippen molar-refractivity contribution < 1.29 is 9.59 Å². The van der Waals surface area contributed by atoms with Crippen molar-refractivity contribution in [2.24, 2.45) is 23.7 Å². The molecular weight excluding hydrogens is 176 g/mol. The van der Waals surface area contributed by atoms with Gasteiger partial charge in [0.05, 0.1) is 0 Å². The van der Waals surface area contributed by atoms with E-state index in [4.69, 9.17) is 0 Å². The quantitative estimate of drug-likeness (QED) is 0.588. The van der Waals surface area contributed by atoms with Crippen molar-refractivity contribution in [1.82, 2.24) is 0 Å². The summed E-state index contributed by atoms with van der Waals surface area (Å²) < 4.78 is 0. The number of hydrogen-bond acceptors (Lipinski definition) is 2. The molecule has 0 radical (unpaired) electrons. The van der Waals surface area contributed by atoms with Crippen molar-refractivity contribution in [3.05, 3.63) is 0 Å². The minimum atomic E-state index is 0.244. The number of hydrogen-bond donors (Lipinski definition) is 0. The zero-order chi connectivity index (χ0) is 9.71. The highest BCUT2D eigenvalue weighted by atomic mass is 16.1. The highest BCUT2D eigenvalue weighted by molar-refractivity contribution is 5.88. The molecule has 0 spiro atoms. The molecule has 3 saturated carbocycles. The van der Waals surface area contributed by atoms with Crippen LogP contribution in [-0.2, 0) is 9.59 Å². The summed E-state index contributed by atoms with van der Waals surface area (Å²) in [5, 5.41) is 0. The Morgan fingerprint density at radius 3 is 1.86 bits per heavy atom. The van der Waals surface area contributed by atoms with Gasteiger partial charge in [0.1, 0.15) is 11.6 Å². The van der Waals surface area contributed by atoms with Crippen molar-refractivity contribution >= 4 is 11.6 Å². The zero-order valence-corrected chi connectivity index (χ0v) is 8.37. The SMILES string of the molecule is O=C1CC2CC(=O)C3CC(C2)CC1C3. The van der Waals surface area contributed by atoms with E-state index in [2.05, 4.69) is 0 Å². The first kappa shape index (κ1) is 8.63. The predicted octanol–water partition coefficient (Wildman–Crippen LogP) is 1.97. The van der Waals surface area contributed by atoms with E-state index in [1.54, 1.807) is 0 Å². The molecule has 3 fully saturated rings. The van der Waals surface area contributed by atoms with Crippen LogP contribution in [0.5, 0.6) is 0 Å². The zero-order valence-electron chi connectivity index (χ0n) is 8.37. The van der Waals surface area contributed by atoms with Gasteiger partial charge >= 0.3 is 0 Å². The van der Waals surface area contributed by atoms with E-state index in [1.807, 2.05) is 0 Å². The van der Waals surface area contributed by atoms with Gasteiger partial charge in [-0.2, -0.15) is 0 Å². The summed E-state index contributed by atoms with van der Waals surface area (Å²) in [7, 11) is 0. The normalized spacial score (nSPS) is 46.6. The van der Waals surface area contributed by atoms with Gasteiger partial charge in [-0.15, -0.1) is 0 Å². The van der Waals surface area contributed by atoms with Gasteiger partial charge in [-0.3, -0.25) is 9.59 Å². The molecule has 2 heteroatoms. The Morgan fingerprint density at radius 1 is 0.714 bits per heavy atom. The van der Waals surface area contributed by atoms with Crippen LogP contribution >= 0.6 is 0 Å². The lowest BCUT2D eigenvalue weighted by atomic mass is 9.73. The summed E-state index contributed by atoms with van der Waals surface area (Å²) in [5.74, 6) is 2.47. The van der Waals surface area contributed by atoms with Crippen LogP contribution in [0.2, 0.25) is 0 Å². The number of Topliss-reactive ketones (excluding diaryl/α,β-unsaturated/α-hetero) is 2. The van der Waals surface area contributed by atoms with Gasteiger partial charge < -0.3 is 0 Å². The maximum Gasteiger partial charge on any atom is 0.136 e. The van der Waals surface area contributed by atoms with Crippen molar-refractivity contribution in [3.8, 4) is 0 Å². The first-order chi connectivity index (χ1) is 6.72. The Morgan fingerprint density at radius 2 is 1.29 bits per heavy atom. The Labute approximate surface area is 84.1 Å². The first-order valence-corrected chi connectivity index (χ1v) is 5.78. The van der Waals surface area contributed by atoms with Crippen LogP contribution in [0.1, 0.15) is 38.5 Å². The molecule has 0 saturated heterocycles. The summed E-state index contributed by atoms with van der Waals surface area (Å²) in [4.78, 5) is 23.6. The van der Waals surface area contributed by atoms with E-state index in [9.17, 15) is 9.59 Å². The van der Waals surface area contributed by atoms with Crippen LogP contribution in [0.4, 0.5) is 0 Å².